The summed E-state index contributed by atoms with van der Waals surface area (Å²) in [5.41, 5.74) is -0.135. The van der Waals surface area contributed by atoms with Gasteiger partial charge in [-0.2, -0.15) is 4.98 Å². The number of thiol groups is 1. The van der Waals surface area contributed by atoms with Crippen LogP contribution in [0.1, 0.15) is 38.1 Å². The Labute approximate surface area is 139 Å². The van der Waals surface area contributed by atoms with E-state index in [1.165, 1.54) is 6.20 Å². The maximum absolute atomic E-state index is 12.1. The van der Waals surface area contributed by atoms with Gasteiger partial charge in [-0.3, -0.25) is 4.57 Å². The van der Waals surface area contributed by atoms with E-state index in [1.807, 2.05) is 0 Å². The molecule has 7 nitrogen and oxygen atoms in total. The van der Waals surface area contributed by atoms with Gasteiger partial charge in [-0.15, -0.1) is 12.6 Å². The minimum atomic E-state index is -1.31. The summed E-state index contributed by atoms with van der Waals surface area (Å²) in [6.45, 7) is 1.64. The Hall–Kier alpha value is -1.19. The molecular formula is C15H22N2O5S. The van der Waals surface area contributed by atoms with Crippen molar-refractivity contribution in [2.45, 2.75) is 50.7 Å². The highest BCUT2D eigenvalue weighted by Crippen LogP contribution is 2.28. The first-order chi connectivity index (χ1) is 11.0. The Bertz CT molecular complexity index is 618. The number of hydrogen-bond donors (Lipinski definition) is 4. The van der Waals surface area contributed by atoms with E-state index in [-0.39, 0.29) is 0 Å². The molecule has 0 unspecified atom stereocenters. The van der Waals surface area contributed by atoms with E-state index < -0.39 is 36.8 Å². The molecule has 0 saturated carbocycles. The summed E-state index contributed by atoms with van der Waals surface area (Å²) in [6.07, 6.45) is 1.49. The molecule has 0 bridgehead atoms. The predicted octanol–water partition coefficient (Wildman–Crippen LogP) is 0.316. The van der Waals surface area contributed by atoms with Crippen LogP contribution in [-0.4, -0.2) is 49.8 Å². The fourth-order valence-corrected chi connectivity index (χ4v) is 2.70. The van der Waals surface area contributed by atoms with Crippen molar-refractivity contribution in [3.63, 3.8) is 0 Å². The molecule has 2 heterocycles. The van der Waals surface area contributed by atoms with Gasteiger partial charge in [-0.05, 0) is 29.9 Å². The molecule has 1 aliphatic heterocycles. The molecule has 0 aliphatic carbocycles. The van der Waals surface area contributed by atoms with Gasteiger partial charge in [0.1, 0.15) is 18.3 Å². The topological polar surface area (TPSA) is 105 Å². The lowest BCUT2D eigenvalue weighted by Crippen LogP contribution is -2.36. The van der Waals surface area contributed by atoms with Crippen molar-refractivity contribution < 1.29 is 20.1 Å². The molecule has 8 heteroatoms. The molecule has 2 rings (SSSR count). The van der Waals surface area contributed by atoms with Gasteiger partial charge in [0.25, 0.3) is 0 Å². The molecule has 0 aromatic carbocycles. The van der Waals surface area contributed by atoms with Crippen LogP contribution < -0.4 is 5.69 Å². The minimum absolute atomic E-state index is 0.446. The van der Waals surface area contributed by atoms with Gasteiger partial charge in [0.2, 0.25) is 0 Å². The number of allylic oxidation sites excluding steroid dienone is 1. The molecule has 3 N–H and O–H groups in total. The number of unbranched alkanes of at least 4 members (excludes halogenated alkanes) is 1. The van der Waals surface area contributed by atoms with Gasteiger partial charge in [0.15, 0.2) is 6.23 Å². The molecule has 1 saturated heterocycles. The molecule has 1 aromatic heterocycles. The first-order valence-electron chi connectivity index (χ1n) is 7.59. The Morgan fingerprint density at radius 2 is 2.22 bits per heavy atom. The van der Waals surface area contributed by atoms with Crippen molar-refractivity contribution in [3.8, 4) is 0 Å². The summed E-state index contributed by atoms with van der Waals surface area (Å²) in [7, 11) is 0. The maximum atomic E-state index is 12.1. The zero-order valence-corrected chi connectivity index (χ0v) is 13.8. The SMILES string of the molecule is CCCC/C(S)=C/c1ccn([C@@H]2O[C@H](CO)[C@@H](O)[C@H]2O)c(=O)n1. The lowest BCUT2D eigenvalue weighted by molar-refractivity contribution is -0.0549. The largest absolute Gasteiger partial charge is 0.394 e. The van der Waals surface area contributed by atoms with Crippen LogP contribution in [0.2, 0.25) is 0 Å². The monoisotopic (exact) mass is 342 g/mol. The fraction of sp³-hybridized carbons (Fsp3) is 0.600. The highest BCUT2D eigenvalue weighted by Gasteiger charge is 2.43. The fourth-order valence-electron chi connectivity index (χ4n) is 2.41. The van der Waals surface area contributed by atoms with Crippen molar-refractivity contribution in [2.75, 3.05) is 6.61 Å². The van der Waals surface area contributed by atoms with E-state index in [4.69, 9.17) is 9.84 Å². The normalized spacial score (nSPS) is 28.3. The average molecular weight is 342 g/mol. The first-order valence-corrected chi connectivity index (χ1v) is 8.03. The van der Waals surface area contributed by atoms with Crippen LogP contribution in [0, 0.1) is 0 Å². The zero-order chi connectivity index (χ0) is 17.0. The van der Waals surface area contributed by atoms with Gasteiger partial charge in [0.05, 0.1) is 12.3 Å². The number of nitrogens with zero attached hydrogens (tertiary/aromatic N) is 2. The zero-order valence-electron chi connectivity index (χ0n) is 12.9. The molecule has 0 amide bonds. The summed E-state index contributed by atoms with van der Waals surface area (Å²) in [4.78, 5) is 16.9. The van der Waals surface area contributed by atoms with Crippen LogP contribution in [0.5, 0.6) is 0 Å². The van der Waals surface area contributed by atoms with Gasteiger partial charge < -0.3 is 20.1 Å². The number of rotatable bonds is 6. The van der Waals surface area contributed by atoms with E-state index in [1.54, 1.807) is 12.1 Å². The summed E-state index contributed by atoms with van der Waals surface area (Å²) in [5.74, 6) is 0. The van der Waals surface area contributed by atoms with Crippen LogP contribution in [0.25, 0.3) is 6.08 Å². The van der Waals surface area contributed by atoms with Crippen LogP contribution in [0.15, 0.2) is 22.0 Å². The van der Waals surface area contributed by atoms with E-state index in [2.05, 4.69) is 24.5 Å². The molecule has 1 aromatic rings. The number of aromatic nitrogens is 2. The summed E-state index contributed by atoms with van der Waals surface area (Å²) >= 11 is 4.36. The Morgan fingerprint density at radius 1 is 1.48 bits per heavy atom. The summed E-state index contributed by atoms with van der Waals surface area (Å²) < 4.78 is 6.42. The number of hydrogen-bond acceptors (Lipinski definition) is 7. The van der Waals surface area contributed by atoms with E-state index >= 15 is 0 Å². The third-order valence-corrected chi connectivity index (χ3v) is 4.10. The first kappa shape index (κ1) is 18.2. The number of aliphatic hydroxyl groups is 3. The Balaban J connectivity index is 2.19. The number of ether oxygens (including phenoxy) is 1. The molecule has 0 radical (unpaired) electrons. The van der Waals surface area contributed by atoms with E-state index in [9.17, 15) is 15.0 Å². The second-order valence-corrected chi connectivity index (χ2v) is 6.08. The Kier molecular flexibility index (Phi) is 6.37. The summed E-state index contributed by atoms with van der Waals surface area (Å²) in [5, 5.41) is 28.8. The van der Waals surface area contributed by atoms with E-state index in [0.717, 1.165) is 28.7 Å². The van der Waals surface area contributed by atoms with Crippen LogP contribution >= 0.6 is 12.6 Å². The third kappa shape index (κ3) is 4.21. The highest BCUT2D eigenvalue weighted by molar-refractivity contribution is 7.84. The lowest BCUT2D eigenvalue weighted by atomic mass is 10.1. The van der Waals surface area contributed by atoms with Crippen molar-refractivity contribution in [1.29, 1.82) is 0 Å². The van der Waals surface area contributed by atoms with Gasteiger partial charge >= 0.3 is 5.69 Å². The van der Waals surface area contributed by atoms with Crippen molar-refractivity contribution in [1.82, 2.24) is 9.55 Å². The molecule has 1 fully saturated rings. The van der Waals surface area contributed by atoms with Crippen LogP contribution in [-0.2, 0) is 4.74 Å². The van der Waals surface area contributed by atoms with Crippen molar-refractivity contribution >= 4 is 18.7 Å². The standard InChI is InChI=1S/C15H22N2O5S/c1-2-3-4-10(23)7-9-5-6-17(15(21)16-9)14-13(20)12(19)11(8-18)22-14/h5-7,11-14,18-20,23H,2-4,8H2,1H3/b10-7-/t11-,12-,13-,14-/m1/s1. The minimum Gasteiger partial charge on any atom is -0.394 e. The molecule has 4 atom stereocenters. The summed E-state index contributed by atoms with van der Waals surface area (Å²) in [6, 6.07) is 1.61. The lowest BCUT2D eigenvalue weighted by Gasteiger charge is -2.17. The maximum Gasteiger partial charge on any atom is 0.350 e. The number of aliphatic hydroxyl groups excluding tert-OH is 3. The van der Waals surface area contributed by atoms with E-state index in [0.29, 0.717) is 5.69 Å². The smallest absolute Gasteiger partial charge is 0.350 e. The molecule has 128 valence electrons. The third-order valence-electron chi connectivity index (χ3n) is 3.74. The van der Waals surface area contributed by atoms with Gasteiger partial charge in [-0.1, -0.05) is 13.3 Å². The molecule has 1 aliphatic rings. The average Bonchev–Trinajstić information content (AvgIpc) is 2.81. The quantitative estimate of drug-likeness (QED) is 0.555. The molecule has 23 heavy (non-hydrogen) atoms. The van der Waals surface area contributed by atoms with Gasteiger partial charge in [-0.25, -0.2) is 4.79 Å². The van der Waals surface area contributed by atoms with Crippen molar-refractivity contribution in [3.05, 3.63) is 33.3 Å². The second-order valence-electron chi connectivity index (χ2n) is 5.51. The van der Waals surface area contributed by atoms with Crippen LogP contribution in [0.4, 0.5) is 0 Å². The molecule has 0 spiro atoms. The second kappa shape index (κ2) is 8.07. The molecular weight excluding hydrogens is 320 g/mol. The van der Waals surface area contributed by atoms with Crippen LogP contribution in [0.3, 0.4) is 0 Å². The van der Waals surface area contributed by atoms with Crippen molar-refractivity contribution in [2.24, 2.45) is 0 Å². The highest BCUT2D eigenvalue weighted by atomic mass is 32.1. The van der Waals surface area contributed by atoms with Gasteiger partial charge in [0, 0.05) is 6.20 Å². The Morgan fingerprint density at radius 3 is 2.78 bits per heavy atom. The predicted molar refractivity (Wildman–Crippen MR) is 88.0 cm³/mol.